The number of amides is 1. The molecule has 4 aromatic rings. The Kier molecular flexibility index (Phi) is 6.03. The van der Waals surface area contributed by atoms with Crippen molar-refractivity contribution < 1.29 is 9.59 Å². The summed E-state index contributed by atoms with van der Waals surface area (Å²) in [5.74, 6) is 1.34. The molecule has 8 heteroatoms. The zero-order chi connectivity index (χ0) is 23.5. The minimum Gasteiger partial charge on any atom is -0.364 e. The van der Waals surface area contributed by atoms with Crippen LogP contribution in [0.25, 0.3) is 22.6 Å². The van der Waals surface area contributed by atoms with E-state index in [1.807, 2.05) is 58.0 Å². The molecule has 1 amide bonds. The zero-order valence-electron chi connectivity index (χ0n) is 19.1. The van der Waals surface area contributed by atoms with Crippen molar-refractivity contribution >= 4 is 28.7 Å². The van der Waals surface area contributed by atoms with Gasteiger partial charge in [-0.05, 0) is 25.0 Å². The normalized spacial score (nSPS) is 13.6. The Morgan fingerprint density at radius 3 is 2.68 bits per heavy atom. The molecule has 0 aliphatic carbocycles. The Morgan fingerprint density at radius 1 is 1.06 bits per heavy atom. The molecule has 5 rings (SSSR count). The number of nitrogens with zero attached hydrogens (tertiary/aromatic N) is 5. The lowest BCUT2D eigenvalue weighted by Gasteiger charge is -2.16. The van der Waals surface area contributed by atoms with Gasteiger partial charge < -0.3 is 14.8 Å². The third-order valence-corrected chi connectivity index (χ3v) is 6.08. The predicted molar refractivity (Wildman–Crippen MR) is 130 cm³/mol. The standard InChI is InChI=1S/C26H26N6O2/c1-18(33)20-9-5-10-21(15-20)24-29-25(27-16-19-7-3-2-4-8-19)23-26(30-24)32(17-28-23)14-13-31-12-6-11-22(31)34/h2-5,7-10,15,17H,6,11-14,16H2,1H3,(H,27,29,30). The Hall–Kier alpha value is -4.07. The molecule has 34 heavy (non-hydrogen) atoms. The Morgan fingerprint density at radius 2 is 1.91 bits per heavy atom. The quantitative estimate of drug-likeness (QED) is 0.406. The summed E-state index contributed by atoms with van der Waals surface area (Å²) in [4.78, 5) is 40.0. The lowest BCUT2D eigenvalue weighted by atomic mass is 10.1. The number of carbonyl (C=O) groups excluding carboxylic acids is 2. The summed E-state index contributed by atoms with van der Waals surface area (Å²) in [6, 6.07) is 17.4. The molecule has 1 fully saturated rings. The molecule has 0 radical (unpaired) electrons. The molecule has 2 aromatic carbocycles. The van der Waals surface area contributed by atoms with E-state index in [9.17, 15) is 9.59 Å². The Bertz CT molecular complexity index is 1350. The summed E-state index contributed by atoms with van der Waals surface area (Å²) in [7, 11) is 0. The second-order valence-corrected chi connectivity index (χ2v) is 8.47. The van der Waals surface area contributed by atoms with E-state index in [0.29, 0.717) is 54.4 Å². The van der Waals surface area contributed by atoms with Crippen molar-refractivity contribution in [3.8, 4) is 11.4 Å². The third-order valence-electron chi connectivity index (χ3n) is 6.08. The number of rotatable bonds is 8. The van der Waals surface area contributed by atoms with Crippen molar-refractivity contribution in [3.63, 3.8) is 0 Å². The van der Waals surface area contributed by atoms with Crippen LogP contribution >= 0.6 is 0 Å². The van der Waals surface area contributed by atoms with Gasteiger partial charge in [-0.1, -0.05) is 48.5 Å². The highest BCUT2D eigenvalue weighted by Gasteiger charge is 2.21. The van der Waals surface area contributed by atoms with E-state index in [1.54, 1.807) is 19.3 Å². The zero-order valence-corrected chi connectivity index (χ0v) is 19.1. The van der Waals surface area contributed by atoms with Crippen LogP contribution in [-0.4, -0.2) is 49.2 Å². The average Bonchev–Trinajstić information content (AvgIpc) is 3.47. The van der Waals surface area contributed by atoms with Crippen LogP contribution in [0.2, 0.25) is 0 Å². The number of carbonyl (C=O) groups is 2. The summed E-state index contributed by atoms with van der Waals surface area (Å²) in [5.41, 5.74) is 3.87. The van der Waals surface area contributed by atoms with Crippen molar-refractivity contribution in [2.45, 2.75) is 32.9 Å². The van der Waals surface area contributed by atoms with Crippen LogP contribution in [0.3, 0.4) is 0 Å². The summed E-state index contributed by atoms with van der Waals surface area (Å²) in [6.45, 7) is 4.16. The van der Waals surface area contributed by atoms with E-state index in [1.165, 1.54) is 0 Å². The molecule has 0 bridgehead atoms. The van der Waals surface area contributed by atoms with Gasteiger partial charge in [0, 0.05) is 43.7 Å². The van der Waals surface area contributed by atoms with Gasteiger partial charge in [0.2, 0.25) is 5.91 Å². The number of benzene rings is 2. The molecule has 0 saturated carbocycles. The number of hydrogen-bond acceptors (Lipinski definition) is 6. The lowest BCUT2D eigenvalue weighted by molar-refractivity contribution is -0.127. The second kappa shape index (κ2) is 9.43. The number of likely N-dealkylation sites (tertiary alicyclic amines) is 1. The monoisotopic (exact) mass is 454 g/mol. The molecule has 1 aliphatic rings. The molecular weight excluding hydrogens is 428 g/mol. The number of anilines is 1. The molecule has 8 nitrogen and oxygen atoms in total. The van der Waals surface area contributed by atoms with Crippen LogP contribution in [0, 0.1) is 0 Å². The fourth-order valence-corrected chi connectivity index (χ4v) is 4.19. The largest absolute Gasteiger partial charge is 0.364 e. The van der Waals surface area contributed by atoms with Gasteiger partial charge in [-0.2, -0.15) is 0 Å². The van der Waals surface area contributed by atoms with E-state index in [2.05, 4.69) is 10.3 Å². The van der Waals surface area contributed by atoms with Crippen molar-refractivity contribution in [3.05, 3.63) is 72.1 Å². The van der Waals surface area contributed by atoms with E-state index >= 15 is 0 Å². The summed E-state index contributed by atoms with van der Waals surface area (Å²) < 4.78 is 1.97. The van der Waals surface area contributed by atoms with Crippen LogP contribution < -0.4 is 5.32 Å². The van der Waals surface area contributed by atoms with Gasteiger partial charge in [-0.25, -0.2) is 15.0 Å². The second-order valence-electron chi connectivity index (χ2n) is 8.47. The molecule has 1 aliphatic heterocycles. The maximum absolute atomic E-state index is 12.0. The van der Waals surface area contributed by atoms with Gasteiger partial charge in [0.15, 0.2) is 23.1 Å². The fourth-order valence-electron chi connectivity index (χ4n) is 4.19. The smallest absolute Gasteiger partial charge is 0.222 e. The van der Waals surface area contributed by atoms with E-state index in [0.717, 1.165) is 24.1 Å². The van der Waals surface area contributed by atoms with Crippen molar-refractivity contribution in [2.24, 2.45) is 0 Å². The van der Waals surface area contributed by atoms with Gasteiger partial charge in [-0.3, -0.25) is 9.59 Å². The van der Waals surface area contributed by atoms with E-state index in [-0.39, 0.29) is 11.7 Å². The van der Waals surface area contributed by atoms with Crippen LogP contribution in [0.4, 0.5) is 5.82 Å². The number of imidazole rings is 1. The molecule has 1 saturated heterocycles. The van der Waals surface area contributed by atoms with Crippen LogP contribution in [0.5, 0.6) is 0 Å². The first kappa shape index (κ1) is 21.8. The molecule has 0 unspecified atom stereocenters. The van der Waals surface area contributed by atoms with Crippen LogP contribution in [-0.2, 0) is 17.9 Å². The summed E-state index contributed by atoms with van der Waals surface area (Å²) in [5, 5.41) is 3.41. The highest BCUT2D eigenvalue weighted by Crippen LogP contribution is 2.25. The Labute approximate surface area is 197 Å². The molecule has 172 valence electrons. The van der Waals surface area contributed by atoms with Gasteiger partial charge in [0.05, 0.1) is 6.33 Å². The summed E-state index contributed by atoms with van der Waals surface area (Å²) in [6.07, 6.45) is 3.29. The third kappa shape index (κ3) is 4.52. The van der Waals surface area contributed by atoms with E-state index in [4.69, 9.17) is 9.97 Å². The Balaban J connectivity index is 1.52. The van der Waals surface area contributed by atoms with Gasteiger partial charge in [0.1, 0.15) is 5.52 Å². The molecule has 0 spiro atoms. The minimum absolute atomic E-state index is 0.00863. The molecule has 2 aromatic heterocycles. The first-order chi connectivity index (χ1) is 16.6. The minimum atomic E-state index is -0.00863. The fraction of sp³-hybridized carbons (Fsp3) is 0.269. The first-order valence-electron chi connectivity index (χ1n) is 11.5. The van der Waals surface area contributed by atoms with Gasteiger partial charge in [-0.15, -0.1) is 0 Å². The molecule has 0 atom stereocenters. The molecule has 1 N–H and O–H groups in total. The van der Waals surface area contributed by atoms with Gasteiger partial charge in [0.25, 0.3) is 0 Å². The highest BCUT2D eigenvalue weighted by molar-refractivity contribution is 5.95. The number of Topliss-reactive ketones (excluding diaryl/α,β-unsaturated/α-hetero) is 1. The van der Waals surface area contributed by atoms with Gasteiger partial charge >= 0.3 is 0 Å². The van der Waals surface area contributed by atoms with E-state index < -0.39 is 0 Å². The summed E-state index contributed by atoms with van der Waals surface area (Å²) >= 11 is 0. The SMILES string of the molecule is CC(=O)c1cccc(-c2nc(NCc3ccccc3)c3ncn(CCN4CCCC4=O)c3n2)c1. The number of nitrogens with one attached hydrogen (secondary N) is 1. The average molecular weight is 455 g/mol. The number of aromatic nitrogens is 4. The van der Waals surface area contributed by atoms with Crippen molar-refractivity contribution in [1.82, 2.24) is 24.4 Å². The van der Waals surface area contributed by atoms with Crippen molar-refractivity contribution in [2.75, 3.05) is 18.4 Å². The number of fused-ring (bicyclic) bond motifs is 1. The van der Waals surface area contributed by atoms with Crippen LogP contribution in [0.1, 0.15) is 35.7 Å². The van der Waals surface area contributed by atoms with Crippen LogP contribution in [0.15, 0.2) is 60.9 Å². The topological polar surface area (TPSA) is 93.0 Å². The maximum atomic E-state index is 12.0. The predicted octanol–water partition coefficient (Wildman–Crippen LogP) is 3.93. The number of hydrogen-bond donors (Lipinski definition) is 1. The van der Waals surface area contributed by atoms with Crippen molar-refractivity contribution in [1.29, 1.82) is 0 Å². The number of ketones is 1. The maximum Gasteiger partial charge on any atom is 0.222 e. The first-order valence-corrected chi connectivity index (χ1v) is 11.5. The highest BCUT2D eigenvalue weighted by atomic mass is 16.2. The lowest BCUT2D eigenvalue weighted by Crippen LogP contribution is -2.28. The molecule has 3 heterocycles. The molecular formula is C26H26N6O2.